The van der Waals surface area contributed by atoms with Gasteiger partial charge in [-0.05, 0) is 37.5 Å². The lowest BCUT2D eigenvalue weighted by molar-refractivity contribution is -0.115. The Morgan fingerprint density at radius 2 is 1.89 bits per heavy atom. The summed E-state index contributed by atoms with van der Waals surface area (Å²) in [6, 6.07) is 0. The molecule has 1 aliphatic carbocycles. The summed E-state index contributed by atoms with van der Waals surface area (Å²) in [4.78, 5) is 0. The van der Waals surface area contributed by atoms with Crippen LogP contribution >= 0.6 is 0 Å². The van der Waals surface area contributed by atoms with Gasteiger partial charge >= 0.3 is 0 Å². The minimum atomic E-state index is -0.0741. The molecular formula is C15H26O3. The predicted molar refractivity (Wildman–Crippen MR) is 69.4 cm³/mol. The Hall–Kier alpha value is -0.120. The van der Waals surface area contributed by atoms with Crippen LogP contribution in [0.4, 0.5) is 0 Å². The fourth-order valence-electron chi connectivity index (χ4n) is 4.16. The molecule has 3 rings (SSSR count). The number of aliphatic hydroxyl groups excluding tert-OH is 1. The van der Waals surface area contributed by atoms with Gasteiger partial charge in [0.15, 0.2) is 0 Å². The van der Waals surface area contributed by atoms with Crippen LogP contribution in [0.3, 0.4) is 0 Å². The van der Waals surface area contributed by atoms with Crippen molar-refractivity contribution >= 4 is 0 Å². The van der Waals surface area contributed by atoms with Gasteiger partial charge in [0, 0.05) is 19.6 Å². The first kappa shape index (κ1) is 12.9. The van der Waals surface area contributed by atoms with Crippen molar-refractivity contribution in [2.75, 3.05) is 19.8 Å². The van der Waals surface area contributed by atoms with Crippen LogP contribution in [0.1, 0.15) is 51.4 Å². The molecule has 0 aromatic heterocycles. The van der Waals surface area contributed by atoms with Crippen molar-refractivity contribution in [2.45, 2.75) is 63.1 Å². The normalized spacial score (nSPS) is 46.2. The highest BCUT2D eigenvalue weighted by molar-refractivity contribution is 4.93. The molecular weight excluding hydrogens is 228 g/mol. The van der Waals surface area contributed by atoms with E-state index in [0.717, 1.165) is 45.5 Å². The average Bonchev–Trinajstić information content (AvgIpc) is 2.70. The highest BCUT2D eigenvalue weighted by Crippen LogP contribution is 2.42. The van der Waals surface area contributed by atoms with Gasteiger partial charge in [0.25, 0.3) is 0 Å². The first-order valence-electron chi connectivity index (χ1n) is 7.69. The second-order valence-corrected chi connectivity index (χ2v) is 6.46. The van der Waals surface area contributed by atoms with Crippen LogP contribution in [0.25, 0.3) is 0 Å². The SMILES string of the molecule is OC1CCCCCC1C1CCOC2(CCOC2)C1. The van der Waals surface area contributed by atoms with Crippen LogP contribution in [0.2, 0.25) is 0 Å². The molecule has 1 spiro atoms. The Morgan fingerprint density at radius 1 is 1.00 bits per heavy atom. The lowest BCUT2D eigenvalue weighted by atomic mass is 9.74. The fraction of sp³-hybridized carbons (Fsp3) is 1.00. The summed E-state index contributed by atoms with van der Waals surface area (Å²) in [5, 5.41) is 10.4. The van der Waals surface area contributed by atoms with Crippen molar-refractivity contribution in [1.82, 2.24) is 0 Å². The van der Waals surface area contributed by atoms with Gasteiger partial charge in [-0.25, -0.2) is 0 Å². The third kappa shape index (κ3) is 2.59. The maximum atomic E-state index is 10.4. The summed E-state index contributed by atoms with van der Waals surface area (Å²) in [7, 11) is 0. The molecule has 2 heterocycles. The summed E-state index contributed by atoms with van der Waals surface area (Å²) in [6.45, 7) is 2.48. The third-order valence-corrected chi connectivity index (χ3v) is 5.24. The second-order valence-electron chi connectivity index (χ2n) is 6.46. The van der Waals surface area contributed by atoms with Gasteiger partial charge in [-0.2, -0.15) is 0 Å². The van der Waals surface area contributed by atoms with Crippen molar-refractivity contribution in [3.63, 3.8) is 0 Å². The molecule has 0 aromatic carbocycles. The lowest BCUT2D eigenvalue weighted by Crippen LogP contribution is -2.44. The molecule has 0 aromatic rings. The molecule has 3 aliphatic rings. The maximum Gasteiger partial charge on any atom is 0.0939 e. The standard InChI is InChI=1S/C15H26O3/c16-14-5-3-1-2-4-13(14)12-6-8-18-15(10-12)7-9-17-11-15/h12-14,16H,1-11H2. The highest BCUT2D eigenvalue weighted by Gasteiger charge is 2.44. The number of ether oxygens (including phenoxy) is 2. The van der Waals surface area contributed by atoms with E-state index in [-0.39, 0.29) is 11.7 Å². The minimum absolute atomic E-state index is 0.00502. The van der Waals surface area contributed by atoms with Gasteiger partial charge in [0.2, 0.25) is 0 Å². The van der Waals surface area contributed by atoms with E-state index in [9.17, 15) is 5.11 Å². The minimum Gasteiger partial charge on any atom is -0.393 e. The highest BCUT2D eigenvalue weighted by atomic mass is 16.6. The van der Waals surface area contributed by atoms with Gasteiger partial charge in [-0.1, -0.05) is 19.3 Å². The largest absolute Gasteiger partial charge is 0.393 e. The Balaban J connectivity index is 1.67. The molecule has 3 fully saturated rings. The van der Waals surface area contributed by atoms with Crippen molar-refractivity contribution < 1.29 is 14.6 Å². The van der Waals surface area contributed by atoms with Gasteiger partial charge in [-0.3, -0.25) is 0 Å². The van der Waals surface area contributed by atoms with Gasteiger partial charge in [0.05, 0.1) is 18.3 Å². The van der Waals surface area contributed by atoms with E-state index in [4.69, 9.17) is 9.47 Å². The number of hydrogen-bond acceptors (Lipinski definition) is 3. The number of hydrogen-bond donors (Lipinski definition) is 1. The first-order chi connectivity index (χ1) is 8.79. The molecule has 3 nitrogen and oxygen atoms in total. The van der Waals surface area contributed by atoms with Crippen molar-refractivity contribution in [3.05, 3.63) is 0 Å². The van der Waals surface area contributed by atoms with E-state index in [0.29, 0.717) is 11.8 Å². The number of rotatable bonds is 1. The molecule has 0 bridgehead atoms. The van der Waals surface area contributed by atoms with E-state index >= 15 is 0 Å². The van der Waals surface area contributed by atoms with Crippen molar-refractivity contribution in [1.29, 1.82) is 0 Å². The van der Waals surface area contributed by atoms with E-state index in [1.54, 1.807) is 0 Å². The van der Waals surface area contributed by atoms with E-state index in [2.05, 4.69) is 0 Å². The second kappa shape index (κ2) is 5.48. The Morgan fingerprint density at radius 3 is 2.72 bits per heavy atom. The van der Waals surface area contributed by atoms with E-state index < -0.39 is 0 Å². The smallest absolute Gasteiger partial charge is 0.0939 e. The molecule has 1 N–H and O–H groups in total. The topological polar surface area (TPSA) is 38.7 Å². The quantitative estimate of drug-likeness (QED) is 0.731. The van der Waals surface area contributed by atoms with Crippen LogP contribution in [-0.4, -0.2) is 36.6 Å². The summed E-state index contributed by atoms with van der Waals surface area (Å²) >= 11 is 0. The van der Waals surface area contributed by atoms with Crippen LogP contribution < -0.4 is 0 Å². The molecule has 3 heteroatoms. The monoisotopic (exact) mass is 254 g/mol. The van der Waals surface area contributed by atoms with Gasteiger partial charge in [-0.15, -0.1) is 0 Å². The molecule has 4 unspecified atom stereocenters. The maximum absolute atomic E-state index is 10.4. The zero-order valence-electron chi connectivity index (χ0n) is 11.3. The number of aliphatic hydroxyl groups is 1. The zero-order valence-corrected chi connectivity index (χ0v) is 11.3. The van der Waals surface area contributed by atoms with Crippen LogP contribution in [0.15, 0.2) is 0 Å². The summed E-state index contributed by atoms with van der Waals surface area (Å²) in [6.07, 6.45) is 9.22. The summed E-state index contributed by atoms with van der Waals surface area (Å²) < 4.78 is 11.5. The van der Waals surface area contributed by atoms with Crippen LogP contribution in [0.5, 0.6) is 0 Å². The van der Waals surface area contributed by atoms with Gasteiger partial charge in [0.1, 0.15) is 0 Å². The Bertz CT molecular complexity index is 273. The molecule has 0 amide bonds. The first-order valence-corrected chi connectivity index (χ1v) is 7.69. The molecule has 18 heavy (non-hydrogen) atoms. The lowest BCUT2D eigenvalue weighted by Gasteiger charge is -2.41. The molecule has 2 aliphatic heterocycles. The molecule has 0 radical (unpaired) electrons. The summed E-state index contributed by atoms with van der Waals surface area (Å²) in [5.41, 5.74) is -0.00502. The summed E-state index contributed by atoms with van der Waals surface area (Å²) in [5.74, 6) is 1.16. The van der Waals surface area contributed by atoms with Gasteiger partial charge < -0.3 is 14.6 Å². The Kier molecular flexibility index (Phi) is 3.92. The zero-order chi connectivity index (χ0) is 12.4. The molecule has 1 saturated carbocycles. The van der Waals surface area contributed by atoms with E-state index in [1.165, 1.54) is 25.7 Å². The molecule has 2 saturated heterocycles. The molecule has 4 atom stereocenters. The Labute approximate surface area is 110 Å². The van der Waals surface area contributed by atoms with Crippen molar-refractivity contribution in [3.8, 4) is 0 Å². The average molecular weight is 254 g/mol. The molecule has 104 valence electrons. The fourth-order valence-corrected chi connectivity index (χ4v) is 4.16. The van der Waals surface area contributed by atoms with Crippen LogP contribution in [0, 0.1) is 11.8 Å². The van der Waals surface area contributed by atoms with Crippen LogP contribution in [-0.2, 0) is 9.47 Å². The van der Waals surface area contributed by atoms with E-state index in [1.807, 2.05) is 0 Å². The third-order valence-electron chi connectivity index (χ3n) is 5.24. The van der Waals surface area contributed by atoms with Crippen molar-refractivity contribution in [2.24, 2.45) is 11.8 Å². The predicted octanol–water partition coefficient (Wildman–Crippen LogP) is 2.51.